The Kier molecular flexibility index (Phi) is 7.87. The minimum Gasteiger partial charge on any atom is -0.310 e. The third-order valence-corrected chi connectivity index (χ3v) is 15.4. The molecule has 1 heteroatoms. The van der Waals surface area contributed by atoms with Gasteiger partial charge in [0.25, 0.3) is 0 Å². The summed E-state index contributed by atoms with van der Waals surface area (Å²) in [6.07, 6.45) is 12.5. The molecule has 3 unspecified atom stereocenters. The molecule has 0 saturated heterocycles. The normalized spacial score (nSPS) is 22.4. The number of rotatable bonds is 6. The van der Waals surface area contributed by atoms with Crippen LogP contribution in [0.1, 0.15) is 131 Å². The maximum Gasteiger partial charge on any atom is 0.0465 e. The fraction of sp³-hybridized carbons (Fsp3) is 0.345. The van der Waals surface area contributed by atoms with Crippen molar-refractivity contribution in [2.75, 3.05) is 4.90 Å². The highest BCUT2D eigenvalue weighted by atomic mass is 15.1. The predicted octanol–water partition coefficient (Wildman–Crippen LogP) is 15.4. The van der Waals surface area contributed by atoms with Gasteiger partial charge < -0.3 is 4.90 Å². The van der Waals surface area contributed by atoms with Crippen molar-refractivity contribution in [1.29, 1.82) is 0 Å². The Morgan fingerprint density at radius 3 is 1.86 bits per heavy atom. The monoisotopic (exact) mass is 729 g/mol. The van der Waals surface area contributed by atoms with E-state index in [1.807, 2.05) is 0 Å². The van der Waals surface area contributed by atoms with E-state index in [2.05, 4.69) is 160 Å². The van der Waals surface area contributed by atoms with Gasteiger partial charge >= 0.3 is 0 Å². The zero-order chi connectivity index (χ0) is 37.8. The summed E-state index contributed by atoms with van der Waals surface area (Å²) in [4.78, 5) is 2.52. The molecule has 0 aromatic heterocycles. The fourth-order valence-electron chi connectivity index (χ4n) is 12.4. The average molecular weight is 730 g/mol. The van der Waals surface area contributed by atoms with Crippen LogP contribution >= 0.6 is 0 Å². The molecule has 0 amide bonds. The Balaban J connectivity index is 0.987. The SMILES string of the molecule is CC1(C)c2ccccc2-c2cc(-c3cccc4c3C(C)(C)c3cc(N(c5ccc(C6CCCCC6)cc5)c5ccc(C6CC7CCC6C7)cc5)ccc3-4)ccc21. The van der Waals surface area contributed by atoms with E-state index >= 15 is 0 Å². The van der Waals surface area contributed by atoms with Crippen LogP contribution in [0.5, 0.6) is 0 Å². The van der Waals surface area contributed by atoms with Crippen LogP contribution in [0.3, 0.4) is 0 Å². The van der Waals surface area contributed by atoms with Gasteiger partial charge in [-0.3, -0.25) is 0 Å². The van der Waals surface area contributed by atoms with E-state index in [-0.39, 0.29) is 10.8 Å². The lowest BCUT2D eigenvalue weighted by Crippen LogP contribution is -2.18. The van der Waals surface area contributed by atoms with Gasteiger partial charge in [-0.05, 0) is 165 Å². The van der Waals surface area contributed by atoms with Gasteiger partial charge in [-0.25, -0.2) is 0 Å². The topological polar surface area (TPSA) is 3.24 Å². The second-order valence-corrected chi connectivity index (χ2v) is 19.1. The quantitative estimate of drug-likeness (QED) is 0.165. The molecule has 3 atom stereocenters. The third-order valence-electron chi connectivity index (χ3n) is 15.4. The maximum atomic E-state index is 2.52. The molecule has 0 spiro atoms. The molecule has 5 aliphatic carbocycles. The molecule has 5 aliphatic rings. The highest BCUT2D eigenvalue weighted by Gasteiger charge is 2.41. The summed E-state index contributed by atoms with van der Waals surface area (Å²) in [5.41, 5.74) is 20.5. The highest BCUT2D eigenvalue weighted by Crippen LogP contribution is 2.56. The van der Waals surface area contributed by atoms with Crippen molar-refractivity contribution in [2.45, 2.75) is 108 Å². The third kappa shape index (κ3) is 5.25. The molecule has 0 radical (unpaired) electrons. The van der Waals surface area contributed by atoms with Gasteiger partial charge in [0, 0.05) is 27.9 Å². The number of anilines is 3. The largest absolute Gasteiger partial charge is 0.310 e. The van der Waals surface area contributed by atoms with Gasteiger partial charge in [0.15, 0.2) is 0 Å². The van der Waals surface area contributed by atoms with Gasteiger partial charge in [-0.15, -0.1) is 0 Å². The smallest absolute Gasteiger partial charge is 0.0465 e. The summed E-state index contributed by atoms with van der Waals surface area (Å²) in [7, 11) is 0. The van der Waals surface area contributed by atoms with Crippen molar-refractivity contribution < 1.29 is 0 Å². The molecule has 6 aromatic rings. The first-order chi connectivity index (χ1) is 27.3. The summed E-state index contributed by atoms with van der Waals surface area (Å²) in [5.74, 6) is 3.29. The van der Waals surface area contributed by atoms with Crippen molar-refractivity contribution in [2.24, 2.45) is 11.8 Å². The molecule has 6 aromatic carbocycles. The van der Waals surface area contributed by atoms with E-state index in [9.17, 15) is 0 Å². The Labute approximate surface area is 334 Å². The van der Waals surface area contributed by atoms with E-state index in [0.717, 1.165) is 17.8 Å². The van der Waals surface area contributed by atoms with Crippen LogP contribution < -0.4 is 4.90 Å². The van der Waals surface area contributed by atoms with E-state index in [4.69, 9.17) is 0 Å². The zero-order valence-electron chi connectivity index (χ0n) is 33.7. The Hall–Kier alpha value is -4.88. The minimum absolute atomic E-state index is 0.00749. The van der Waals surface area contributed by atoms with Gasteiger partial charge in [0.2, 0.25) is 0 Å². The molecule has 3 saturated carbocycles. The lowest BCUT2D eigenvalue weighted by atomic mass is 9.78. The van der Waals surface area contributed by atoms with Crippen LogP contribution in [0.25, 0.3) is 33.4 Å². The Morgan fingerprint density at radius 2 is 1.12 bits per heavy atom. The van der Waals surface area contributed by atoms with Crippen molar-refractivity contribution in [3.05, 3.63) is 161 Å². The van der Waals surface area contributed by atoms with E-state index < -0.39 is 0 Å². The molecule has 11 rings (SSSR count). The molecular weight excluding hydrogens is 675 g/mol. The second kappa shape index (κ2) is 12.8. The first kappa shape index (κ1) is 34.4. The molecule has 0 aliphatic heterocycles. The van der Waals surface area contributed by atoms with Gasteiger partial charge in [0.05, 0.1) is 0 Å². The van der Waals surface area contributed by atoms with Crippen LogP contribution in [-0.2, 0) is 10.8 Å². The Bertz CT molecular complexity index is 2470. The highest BCUT2D eigenvalue weighted by molar-refractivity contribution is 5.92. The summed E-state index contributed by atoms with van der Waals surface area (Å²) in [6.45, 7) is 9.64. The number of benzene rings is 6. The number of nitrogens with zero attached hydrogens (tertiary/aromatic N) is 1. The summed E-state index contributed by atoms with van der Waals surface area (Å²) < 4.78 is 0. The number of hydrogen-bond acceptors (Lipinski definition) is 1. The number of hydrogen-bond donors (Lipinski definition) is 0. The number of fused-ring (bicyclic) bond motifs is 8. The lowest BCUT2D eigenvalue weighted by Gasteiger charge is -2.30. The summed E-state index contributed by atoms with van der Waals surface area (Å²) in [5, 5.41) is 0. The van der Waals surface area contributed by atoms with Gasteiger partial charge in [-0.2, -0.15) is 0 Å². The molecule has 280 valence electrons. The molecule has 0 heterocycles. The summed E-state index contributed by atoms with van der Waals surface area (Å²) >= 11 is 0. The van der Waals surface area contributed by atoms with E-state index in [0.29, 0.717) is 5.92 Å². The average Bonchev–Trinajstić information content (AvgIpc) is 3.99. The summed E-state index contributed by atoms with van der Waals surface area (Å²) in [6, 6.07) is 49.9. The van der Waals surface area contributed by atoms with E-state index in [1.165, 1.54) is 136 Å². The minimum atomic E-state index is -0.171. The molecular formula is C55H55N. The Morgan fingerprint density at radius 1 is 0.464 bits per heavy atom. The van der Waals surface area contributed by atoms with Crippen molar-refractivity contribution in [3.8, 4) is 33.4 Å². The fourth-order valence-corrected chi connectivity index (χ4v) is 12.4. The van der Waals surface area contributed by atoms with Crippen LogP contribution in [0.4, 0.5) is 17.1 Å². The standard InChI is InChI=1S/C55H55N/c1-54(2)50-16-9-8-13-45(50)49-33-40(23-30-51(49)54)44-14-10-15-47-46-29-28-43(34-52(46)55(3,4)53(44)47)56(41-24-19-37(20-25-41)36-11-6-5-7-12-36)42-26-21-38(22-27-42)48-32-35-17-18-39(48)31-35/h8-10,13-16,19-30,33-36,39,48H,5-7,11-12,17-18,31-32H2,1-4H3. The van der Waals surface area contributed by atoms with Crippen LogP contribution in [-0.4, -0.2) is 0 Å². The molecule has 0 N–H and O–H groups in total. The van der Waals surface area contributed by atoms with Gasteiger partial charge in [-0.1, -0.05) is 138 Å². The van der Waals surface area contributed by atoms with Crippen molar-refractivity contribution in [1.82, 2.24) is 0 Å². The van der Waals surface area contributed by atoms with Crippen molar-refractivity contribution >= 4 is 17.1 Å². The van der Waals surface area contributed by atoms with Crippen LogP contribution in [0.15, 0.2) is 127 Å². The molecule has 1 nitrogen and oxygen atoms in total. The van der Waals surface area contributed by atoms with Crippen LogP contribution in [0.2, 0.25) is 0 Å². The predicted molar refractivity (Wildman–Crippen MR) is 236 cm³/mol. The second-order valence-electron chi connectivity index (χ2n) is 19.1. The molecule has 3 fully saturated rings. The first-order valence-corrected chi connectivity index (χ1v) is 21.8. The lowest BCUT2D eigenvalue weighted by molar-refractivity contribution is 0.420. The molecule has 56 heavy (non-hydrogen) atoms. The van der Waals surface area contributed by atoms with Crippen molar-refractivity contribution in [3.63, 3.8) is 0 Å². The van der Waals surface area contributed by atoms with Gasteiger partial charge in [0.1, 0.15) is 0 Å². The zero-order valence-corrected chi connectivity index (χ0v) is 33.7. The molecule has 2 bridgehead atoms. The first-order valence-electron chi connectivity index (χ1n) is 21.8. The van der Waals surface area contributed by atoms with E-state index in [1.54, 1.807) is 5.56 Å². The van der Waals surface area contributed by atoms with Crippen LogP contribution in [0, 0.1) is 11.8 Å². The maximum absolute atomic E-state index is 2.52.